The topological polar surface area (TPSA) is 121 Å². The highest BCUT2D eigenvalue weighted by Crippen LogP contribution is 2.43. The first-order valence-corrected chi connectivity index (χ1v) is 17.1. The van der Waals surface area contributed by atoms with Gasteiger partial charge < -0.3 is 29.9 Å². The number of halogens is 4. The minimum Gasteiger partial charge on any atom is -0.438 e. The number of amides is 3. The molecule has 4 heterocycles. The summed E-state index contributed by atoms with van der Waals surface area (Å²) in [5, 5.41) is 2.40. The van der Waals surface area contributed by atoms with Crippen LogP contribution in [-0.4, -0.2) is 109 Å². The molecule has 0 bridgehead atoms. The lowest BCUT2D eigenvalue weighted by Crippen LogP contribution is -2.53. The maximum absolute atomic E-state index is 14.0. The number of nitrogens with zero attached hydrogens (tertiary/aromatic N) is 4. The van der Waals surface area contributed by atoms with Crippen LogP contribution in [0.25, 0.3) is 0 Å². The van der Waals surface area contributed by atoms with Crippen LogP contribution in [0, 0.1) is 0 Å². The predicted molar refractivity (Wildman–Crippen MR) is 177 cm³/mol. The Bertz CT molecular complexity index is 1560. The summed E-state index contributed by atoms with van der Waals surface area (Å²) >= 11 is 6.11. The second kappa shape index (κ2) is 14.2. The van der Waals surface area contributed by atoms with Crippen molar-refractivity contribution in [1.82, 2.24) is 19.6 Å². The molecular weight excluding hydrogens is 665 g/mol. The van der Waals surface area contributed by atoms with Gasteiger partial charge in [-0.3, -0.25) is 15.0 Å². The van der Waals surface area contributed by atoms with Crippen molar-refractivity contribution in [2.75, 3.05) is 70.5 Å². The van der Waals surface area contributed by atoms with Crippen molar-refractivity contribution in [3.05, 3.63) is 58.1 Å². The molecule has 2 aromatic carbocycles. The molecular formula is C34H42ClF3N6O5. The molecule has 11 nitrogen and oxygen atoms in total. The number of likely N-dealkylation sites (tertiary alicyclic amines) is 2. The van der Waals surface area contributed by atoms with Crippen molar-refractivity contribution < 1.29 is 37.0 Å². The second-order valence-electron chi connectivity index (χ2n) is 13.4. The number of rotatable bonds is 5. The van der Waals surface area contributed by atoms with E-state index in [4.69, 9.17) is 26.8 Å². The first-order valence-electron chi connectivity index (χ1n) is 16.7. The van der Waals surface area contributed by atoms with Crippen LogP contribution >= 0.6 is 11.6 Å². The average molecular weight is 707 g/mol. The molecule has 1 spiro atoms. The van der Waals surface area contributed by atoms with Gasteiger partial charge in [-0.05, 0) is 63.2 Å². The van der Waals surface area contributed by atoms with Crippen LogP contribution < -0.4 is 11.1 Å². The van der Waals surface area contributed by atoms with E-state index in [-0.39, 0.29) is 30.1 Å². The van der Waals surface area contributed by atoms with E-state index < -0.39 is 47.2 Å². The van der Waals surface area contributed by atoms with Gasteiger partial charge in [0.25, 0.3) is 5.91 Å². The number of hydrogen-bond acceptors (Lipinski definition) is 8. The summed E-state index contributed by atoms with van der Waals surface area (Å²) < 4.78 is 53.0. The highest BCUT2D eigenvalue weighted by molar-refractivity contribution is 6.33. The van der Waals surface area contributed by atoms with Crippen LogP contribution in [0.3, 0.4) is 0 Å². The van der Waals surface area contributed by atoms with Gasteiger partial charge in [0.05, 0.1) is 22.0 Å². The van der Waals surface area contributed by atoms with Crippen molar-refractivity contribution >= 4 is 41.1 Å². The number of nitrogens with one attached hydrogen (secondary N) is 1. The van der Waals surface area contributed by atoms with Crippen molar-refractivity contribution in [2.45, 2.75) is 62.4 Å². The number of carbonyl (C=O) groups is 3. The largest absolute Gasteiger partial charge is 0.438 e. The van der Waals surface area contributed by atoms with E-state index in [1.165, 1.54) is 11.0 Å². The molecule has 49 heavy (non-hydrogen) atoms. The predicted octanol–water partition coefficient (Wildman–Crippen LogP) is 5.17. The molecule has 3 N–H and O–H groups in total. The molecule has 4 aliphatic heterocycles. The van der Waals surface area contributed by atoms with Gasteiger partial charge in [0.1, 0.15) is 5.60 Å². The summed E-state index contributed by atoms with van der Waals surface area (Å²) in [6, 6.07) is 9.76. The highest BCUT2D eigenvalue weighted by atomic mass is 35.5. The Morgan fingerprint density at radius 3 is 2.47 bits per heavy atom. The number of para-hydroxylation sites is 1. The van der Waals surface area contributed by atoms with Gasteiger partial charge in [0, 0.05) is 70.1 Å². The molecule has 0 unspecified atom stereocenters. The van der Waals surface area contributed by atoms with Crippen molar-refractivity contribution in [3.8, 4) is 0 Å². The fourth-order valence-corrected chi connectivity index (χ4v) is 7.72. The van der Waals surface area contributed by atoms with E-state index in [0.717, 1.165) is 57.1 Å². The second-order valence-corrected chi connectivity index (χ2v) is 13.8. The average Bonchev–Trinajstić information content (AvgIpc) is 3.29. The number of benzene rings is 2. The molecule has 3 amide bonds. The first kappa shape index (κ1) is 35.1. The third-order valence-electron chi connectivity index (χ3n) is 10.3. The van der Waals surface area contributed by atoms with Crippen LogP contribution in [0.2, 0.25) is 5.02 Å². The number of ether oxygens (including phenoxy) is 2. The molecule has 0 aromatic heterocycles. The van der Waals surface area contributed by atoms with Gasteiger partial charge in [-0.15, -0.1) is 0 Å². The maximum atomic E-state index is 14.0. The summed E-state index contributed by atoms with van der Waals surface area (Å²) in [6.45, 7) is 5.17. The highest BCUT2D eigenvalue weighted by Gasteiger charge is 2.46. The molecule has 0 saturated carbocycles. The van der Waals surface area contributed by atoms with Crippen LogP contribution in [0.4, 0.5) is 34.1 Å². The van der Waals surface area contributed by atoms with Gasteiger partial charge in [0.15, 0.2) is 6.10 Å². The third kappa shape index (κ3) is 7.71. The summed E-state index contributed by atoms with van der Waals surface area (Å²) in [5.41, 5.74) is 4.53. The van der Waals surface area contributed by atoms with Crippen LogP contribution in [0.5, 0.6) is 0 Å². The first-order chi connectivity index (χ1) is 23.3. The van der Waals surface area contributed by atoms with Gasteiger partial charge in [-0.2, -0.15) is 13.2 Å². The van der Waals surface area contributed by atoms with Gasteiger partial charge in [0.2, 0.25) is 0 Å². The molecule has 3 saturated heterocycles. The summed E-state index contributed by atoms with van der Waals surface area (Å²) in [6.07, 6.45) is -4.69. The number of anilines is 2. The van der Waals surface area contributed by atoms with E-state index in [1.807, 2.05) is 18.2 Å². The third-order valence-corrected chi connectivity index (χ3v) is 10.6. The van der Waals surface area contributed by atoms with Crippen molar-refractivity contribution in [1.29, 1.82) is 0 Å². The Hall–Kier alpha value is -3.75. The Kier molecular flexibility index (Phi) is 10.2. The van der Waals surface area contributed by atoms with Crippen LogP contribution in [0.1, 0.15) is 48.8 Å². The number of likely N-dealkylation sites (N-methyl/N-ethyl adjacent to an activating group) is 1. The van der Waals surface area contributed by atoms with Crippen molar-refractivity contribution in [3.63, 3.8) is 0 Å². The SMILES string of the molecule is CN1CCCN(C2CCN(C(=O)[C@@H](Cc3cc(Cl)c(N)c(C(F)(F)F)c3)OC(=O)N3CCC4(CC3)OC(=O)Nc3ccccc34)CC2)CC1. The lowest BCUT2D eigenvalue weighted by atomic mass is 9.82. The molecule has 0 radical (unpaired) electrons. The monoisotopic (exact) mass is 706 g/mol. The molecule has 266 valence electrons. The molecule has 15 heteroatoms. The lowest BCUT2D eigenvalue weighted by Gasteiger charge is -2.44. The maximum Gasteiger partial charge on any atom is 0.418 e. The molecule has 2 aromatic rings. The molecule has 3 fully saturated rings. The Labute approximate surface area is 288 Å². The van der Waals surface area contributed by atoms with Gasteiger partial charge >= 0.3 is 18.4 Å². The lowest BCUT2D eigenvalue weighted by molar-refractivity contribution is -0.142. The van der Waals surface area contributed by atoms with E-state index in [1.54, 1.807) is 11.0 Å². The zero-order chi connectivity index (χ0) is 34.9. The number of piperidine rings is 2. The molecule has 1 atom stereocenters. The smallest absolute Gasteiger partial charge is 0.418 e. The quantitative estimate of drug-likeness (QED) is 0.409. The standard InChI is InChI=1S/C34H42ClF3N6O5/c1-41-11-4-12-42(18-17-41)23-7-13-43(14-8-23)30(45)28(21-22-19-25(34(36,37)38)29(39)26(35)20-22)48-32(47)44-15-9-33(10-16-44)24-5-2-3-6-27(24)40-31(46)49-33/h2-3,5-6,19-20,23,28H,4,7-18,21,39H2,1H3,(H,40,46)/t28-/m1/s1. The zero-order valence-electron chi connectivity index (χ0n) is 27.4. The molecule has 0 aliphatic carbocycles. The van der Waals surface area contributed by atoms with Crippen LogP contribution in [0.15, 0.2) is 36.4 Å². The summed E-state index contributed by atoms with van der Waals surface area (Å²) in [7, 11) is 2.11. The Morgan fingerprint density at radius 2 is 1.76 bits per heavy atom. The number of nitrogen functional groups attached to an aromatic ring is 1. The fourth-order valence-electron chi connectivity index (χ4n) is 7.48. The number of alkyl halides is 3. The number of hydrogen-bond donors (Lipinski definition) is 2. The normalized spacial score (nSPS) is 21.4. The van der Waals surface area contributed by atoms with E-state index >= 15 is 0 Å². The fraction of sp³-hybridized carbons (Fsp3) is 0.559. The minimum absolute atomic E-state index is 0.0667. The van der Waals surface area contributed by atoms with Gasteiger partial charge in [-0.25, -0.2) is 9.59 Å². The van der Waals surface area contributed by atoms with E-state index in [2.05, 4.69) is 22.2 Å². The van der Waals surface area contributed by atoms with Crippen molar-refractivity contribution in [2.24, 2.45) is 0 Å². The number of carbonyl (C=O) groups excluding carboxylic acids is 3. The molecule has 4 aliphatic rings. The zero-order valence-corrected chi connectivity index (χ0v) is 28.2. The number of fused-ring (bicyclic) bond motifs is 2. The Morgan fingerprint density at radius 1 is 1.04 bits per heavy atom. The summed E-state index contributed by atoms with van der Waals surface area (Å²) in [4.78, 5) is 47.8. The van der Waals surface area contributed by atoms with Gasteiger partial charge in [-0.1, -0.05) is 29.8 Å². The number of nitrogens with two attached hydrogens (primary N) is 1. The van der Waals surface area contributed by atoms with Crippen LogP contribution in [-0.2, 0) is 32.5 Å². The van der Waals surface area contributed by atoms with E-state index in [9.17, 15) is 27.6 Å². The molecule has 6 rings (SSSR count). The summed E-state index contributed by atoms with van der Waals surface area (Å²) in [5.74, 6) is -0.474. The minimum atomic E-state index is -4.77. The van der Waals surface area contributed by atoms with E-state index in [0.29, 0.717) is 37.7 Å². The Balaban J connectivity index is 1.17.